The standard InChI is InChI=1S/C11H22N2O6S/c1-3-9(5-6-10(14)15)7-8-12-20(17,18)13-11(16)19-4-2/h9,12H,3-8H2,1-2H3,(H,13,16)(H,14,15). The van der Waals surface area contributed by atoms with Crippen molar-refractivity contribution in [2.45, 2.75) is 39.5 Å². The van der Waals surface area contributed by atoms with Crippen LogP contribution in [0.2, 0.25) is 0 Å². The van der Waals surface area contributed by atoms with Crippen molar-refractivity contribution in [2.24, 2.45) is 5.92 Å². The molecule has 0 radical (unpaired) electrons. The number of nitrogens with one attached hydrogen (secondary N) is 2. The molecule has 0 bridgehead atoms. The number of amides is 1. The number of ether oxygens (including phenoxy) is 1. The molecule has 0 heterocycles. The van der Waals surface area contributed by atoms with Gasteiger partial charge in [-0.3, -0.25) is 4.79 Å². The minimum atomic E-state index is -3.93. The maximum absolute atomic E-state index is 11.4. The molecule has 0 rings (SSSR count). The van der Waals surface area contributed by atoms with Gasteiger partial charge in [0.15, 0.2) is 0 Å². The Morgan fingerprint density at radius 3 is 2.40 bits per heavy atom. The molecular formula is C11H22N2O6S. The summed E-state index contributed by atoms with van der Waals surface area (Å²) in [5.74, 6) is -0.746. The van der Waals surface area contributed by atoms with Gasteiger partial charge in [-0.1, -0.05) is 13.3 Å². The van der Waals surface area contributed by atoms with Gasteiger partial charge in [0.1, 0.15) is 0 Å². The van der Waals surface area contributed by atoms with E-state index < -0.39 is 22.3 Å². The van der Waals surface area contributed by atoms with Gasteiger partial charge in [-0.05, 0) is 25.7 Å². The molecular weight excluding hydrogens is 288 g/mol. The van der Waals surface area contributed by atoms with E-state index >= 15 is 0 Å². The Kier molecular flexibility index (Phi) is 8.89. The third kappa shape index (κ3) is 9.56. The first-order valence-electron chi connectivity index (χ1n) is 6.46. The molecule has 1 unspecified atom stereocenters. The van der Waals surface area contributed by atoms with Crippen LogP contribution in [0.1, 0.15) is 39.5 Å². The van der Waals surface area contributed by atoms with E-state index in [2.05, 4.69) is 9.46 Å². The van der Waals surface area contributed by atoms with Crippen LogP contribution in [0.15, 0.2) is 0 Å². The lowest BCUT2D eigenvalue weighted by atomic mass is 9.97. The highest BCUT2D eigenvalue weighted by Crippen LogP contribution is 2.14. The number of hydrogen-bond acceptors (Lipinski definition) is 5. The number of carboxylic acid groups (broad SMARTS) is 1. The van der Waals surface area contributed by atoms with Gasteiger partial charge in [0, 0.05) is 13.0 Å². The summed E-state index contributed by atoms with van der Waals surface area (Å²) in [6.07, 6.45) is 0.803. The van der Waals surface area contributed by atoms with Gasteiger partial charge in [0.2, 0.25) is 0 Å². The summed E-state index contributed by atoms with van der Waals surface area (Å²) in [5, 5.41) is 8.59. The molecule has 0 aromatic carbocycles. The molecule has 0 spiro atoms. The molecule has 9 heteroatoms. The first-order chi connectivity index (χ1) is 9.30. The average molecular weight is 310 g/mol. The summed E-state index contributed by atoms with van der Waals surface area (Å²) in [4.78, 5) is 21.4. The lowest BCUT2D eigenvalue weighted by molar-refractivity contribution is -0.137. The minimum Gasteiger partial charge on any atom is -0.481 e. The van der Waals surface area contributed by atoms with Crippen molar-refractivity contribution in [3.8, 4) is 0 Å². The fraction of sp³-hybridized carbons (Fsp3) is 0.818. The lowest BCUT2D eigenvalue weighted by Crippen LogP contribution is -2.41. The molecule has 0 aromatic heterocycles. The number of carbonyl (C=O) groups excluding carboxylic acids is 1. The number of aliphatic carboxylic acids is 1. The summed E-state index contributed by atoms with van der Waals surface area (Å²) in [6, 6.07) is 0. The van der Waals surface area contributed by atoms with Crippen molar-refractivity contribution in [2.75, 3.05) is 13.2 Å². The zero-order chi connectivity index (χ0) is 15.6. The Morgan fingerprint density at radius 1 is 1.25 bits per heavy atom. The lowest BCUT2D eigenvalue weighted by Gasteiger charge is -2.14. The van der Waals surface area contributed by atoms with Crippen LogP contribution in [0.25, 0.3) is 0 Å². The Morgan fingerprint density at radius 2 is 1.90 bits per heavy atom. The molecule has 3 N–H and O–H groups in total. The van der Waals surface area contributed by atoms with Crippen LogP contribution in [0.3, 0.4) is 0 Å². The van der Waals surface area contributed by atoms with Gasteiger partial charge >= 0.3 is 22.3 Å². The van der Waals surface area contributed by atoms with Gasteiger partial charge in [-0.25, -0.2) is 9.52 Å². The Hall–Kier alpha value is -1.35. The van der Waals surface area contributed by atoms with Gasteiger partial charge in [0.25, 0.3) is 0 Å². The zero-order valence-electron chi connectivity index (χ0n) is 11.7. The molecule has 0 saturated carbocycles. The normalized spacial score (nSPS) is 12.7. The number of carbonyl (C=O) groups is 2. The fourth-order valence-corrected chi connectivity index (χ4v) is 2.32. The van der Waals surface area contributed by atoms with Crippen LogP contribution in [0.5, 0.6) is 0 Å². The predicted molar refractivity (Wildman–Crippen MR) is 72.3 cm³/mol. The van der Waals surface area contributed by atoms with E-state index in [1.165, 1.54) is 0 Å². The van der Waals surface area contributed by atoms with Crippen LogP contribution in [-0.2, 0) is 19.7 Å². The van der Waals surface area contributed by atoms with E-state index in [1.54, 1.807) is 11.6 Å². The topological polar surface area (TPSA) is 122 Å². The van der Waals surface area contributed by atoms with E-state index in [-0.39, 0.29) is 25.5 Å². The number of carboxylic acids is 1. The van der Waals surface area contributed by atoms with Crippen LogP contribution >= 0.6 is 0 Å². The van der Waals surface area contributed by atoms with Crippen molar-refractivity contribution in [1.82, 2.24) is 9.44 Å². The third-order valence-electron chi connectivity index (χ3n) is 2.68. The van der Waals surface area contributed by atoms with Gasteiger partial charge in [-0.2, -0.15) is 13.1 Å². The second kappa shape index (κ2) is 9.54. The van der Waals surface area contributed by atoms with E-state index in [4.69, 9.17) is 5.11 Å². The quantitative estimate of drug-likeness (QED) is 0.550. The van der Waals surface area contributed by atoms with Crippen molar-refractivity contribution >= 4 is 22.3 Å². The summed E-state index contributed by atoms with van der Waals surface area (Å²) >= 11 is 0. The molecule has 8 nitrogen and oxygen atoms in total. The first-order valence-corrected chi connectivity index (χ1v) is 7.95. The van der Waals surface area contributed by atoms with Gasteiger partial charge in [-0.15, -0.1) is 0 Å². The van der Waals surface area contributed by atoms with E-state index in [9.17, 15) is 18.0 Å². The zero-order valence-corrected chi connectivity index (χ0v) is 12.5. The molecule has 0 aliphatic heterocycles. The van der Waals surface area contributed by atoms with Crippen LogP contribution < -0.4 is 9.44 Å². The monoisotopic (exact) mass is 310 g/mol. The molecule has 0 aliphatic carbocycles. The fourth-order valence-electron chi connectivity index (χ4n) is 1.58. The Bertz CT molecular complexity index is 409. The average Bonchev–Trinajstić information content (AvgIpc) is 2.32. The first kappa shape index (κ1) is 18.7. The van der Waals surface area contributed by atoms with Crippen LogP contribution in [0.4, 0.5) is 4.79 Å². The van der Waals surface area contributed by atoms with Crippen molar-refractivity contribution < 1.29 is 27.9 Å². The smallest absolute Gasteiger partial charge is 0.421 e. The summed E-state index contributed by atoms with van der Waals surface area (Å²) in [6.45, 7) is 3.69. The molecule has 0 aliphatic rings. The van der Waals surface area contributed by atoms with Gasteiger partial charge in [0.05, 0.1) is 6.61 Å². The second-order valence-electron chi connectivity index (χ2n) is 4.22. The number of hydrogen-bond donors (Lipinski definition) is 3. The third-order valence-corrected chi connectivity index (χ3v) is 3.70. The molecule has 118 valence electrons. The summed E-state index contributed by atoms with van der Waals surface area (Å²) in [5.41, 5.74) is 0. The number of rotatable bonds is 10. The van der Waals surface area contributed by atoms with Crippen LogP contribution in [-0.4, -0.2) is 38.7 Å². The molecule has 0 fully saturated rings. The predicted octanol–water partition coefficient (Wildman–Crippen LogP) is 0.848. The Labute approximate surface area is 119 Å². The molecule has 0 aromatic rings. The SMILES string of the molecule is CCOC(=O)NS(=O)(=O)NCCC(CC)CCC(=O)O. The van der Waals surface area contributed by atoms with E-state index in [1.807, 2.05) is 6.92 Å². The van der Waals surface area contributed by atoms with Crippen molar-refractivity contribution in [3.05, 3.63) is 0 Å². The minimum absolute atomic E-state index is 0.0618. The van der Waals surface area contributed by atoms with Gasteiger partial charge < -0.3 is 9.84 Å². The maximum atomic E-state index is 11.4. The second-order valence-corrected chi connectivity index (χ2v) is 5.72. The van der Waals surface area contributed by atoms with E-state index in [0.29, 0.717) is 12.8 Å². The van der Waals surface area contributed by atoms with Crippen molar-refractivity contribution in [3.63, 3.8) is 0 Å². The molecule has 0 saturated heterocycles. The van der Waals surface area contributed by atoms with Crippen LogP contribution in [0, 0.1) is 5.92 Å². The largest absolute Gasteiger partial charge is 0.481 e. The summed E-state index contributed by atoms with van der Waals surface area (Å²) < 4.78 is 31.2. The maximum Gasteiger partial charge on any atom is 0.421 e. The highest BCUT2D eigenvalue weighted by Gasteiger charge is 2.15. The highest BCUT2D eigenvalue weighted by atomic mass is 32.2. The van der Waals surface area contributed by atoms with E-state index in [0.717, 1.165) is 6.42 Å². The Balaban J connectivity index is 4.06. The molecule has 1 atom stereocenters. The highest BCUT2D eigenvalue weighted by molar-refractivity contribution is 7.88. The molecule has 20 heavy (non-hydrogen) atoms. The van der Waals surface area contributed by atoms with Crippen molar-refractivity contribution in [1.29, 1.82) is 0 Å². The summed E-state index contributed by atoms with van der Waals surface area (Å²) in [7, 11) is -3.93. The molecule has 1 amide bonds.